The Hall–Kier alpha value is -1.33. The Morgan fingerprint density at radius 1 is 0.759 bits per heavy atom. The van der Waals surface area contributed by atoms with E-state index in [1.165, 1.54) is 40.8 Å². The Morgan fingerprint density at radius 3 is 1.76 bits per heavy atom. The van der Waals surface area contributed by atoms with Crippen LogP contribution in [0.25, 0.3) is 21.5 Å². The van der Waals surface area contributed by atoms with Crippen molar-refractivity contribution in [3.63, 3.8) is 0 Å². The first kappa shape index (κ1) is 19.6. The van der Waals surface area contributed by atoms with E-state index in [0.29, 0.717) is 5.41 Å². The molecule has 4 saturated carbocycles. The van der Waals surface area contributed by atoms with Crippen molar-refractivity contribution in [1.29, 1.82) is 0 Å². The molecule has 1 heteroatoms. The van der Waals surface area contributed by atoms with Crippen molar-refractivity contribution in [2.24, 2.45) is 23.2 Å². The Kier molecular flexibility index (Phi) is 5.23. The number of fused-ring (bicyclic) bond motifs is 3. The van der Waals surface area contributed by atoms with Gasteiger partial charge in [-0.05, 0) is 61.7 Å². The van der Waals surface area contributed by atoms with Gasteiger partial charge < -0.3 is 0 Å². The molecule has 3 aromatic rings. The first-order chi connectivity index (χ1) is 13.8. The molecule has 5 aliphatic rings. The first-order valence-electron chi connectivity index (χ1n) is 11.1. The van der Waals surface area contributed by atoms with Gasteiger partial charge in [0.1, 0.15) is 0 Å². The number of hydrogen-bond donors (Lipinski definition) is 0. The zero-order valence-corrected chi connectivity index (χ0v) is 19.5. The summed E-state index contributed by atoms with van der Waals surface area (Å²) in [5, 5.41) is 5.39. The van der Waals surface area contributed by atoms with Crippen molar-refractivity contribution in [2.75, 3.05) is 0 Å². The Morgan fingerprint density at radius 2 is 1.28 bits per heavy atom. The fraction of sp³-hybridized carbons (Fsp3) is 0.393. The summed E-state index contributed by atoms with van der Waals surface area (Å²) >= 11 is 0. The van der Waals surface area contributed by atoms with Crippen LogP contribution in [0.3, 0.4) is 0 Å². The van der Waals surface area contributed by atoms with Crippen LogP contribution in [0.5, 0.6) is 0 Å². The monoisotopic (exact) mass is 454 g/mol. The van der Waals surface area contributed by atoms with Crippen LogP contribution in [-0.2, 0) is 26.2 Å². The van der Waals surface area contributed by atoms with E-state index in [1.807, 2.05) is 0 Å². The predicted octanol–water partition coefficient (Wildman–Crippen LogP) is 7.60. The summed E-state index contributed by atoms with van der Waals surface area (Å²) < 4.78 is 0. The van der Waals surface area contributed by atoms with Gasteiger partial charge in [0.05, 0.1) is 0 Å². The van der Waals surface area contributed by atoms with Crippen LogP contribution in [0, 0.1) is 29.2 Å². The molecule has 0 atom stereocenters. The minimum atomic E-state index is 0. The zero-order valence-electron chi connectivity index (χ0n) is 17.0. The summed E-state index contributed by atoms with van der Waals surface area (Å²) in [5.74, 6) is 3.21. The first-order valence-corrected chi connectivity index (χ1v) is 11.1. The van der Waals surface area contributed by atoms with Gasteiger partial charge in [-0.2, -0.15) is 6.08 Å². The van der Waals surface area contributed by atoms with Gasteiger partial charge in [0.25, 0.3) is 0 Å². The van der Waals surface area contributed by atoms with E-state index in [-0.39, 0.29) is 26.2 Å². The molecule has 0 unspecified atom stereocenters. The minimum Gasteiger partial charge on any atom is -0.269 e. The SMILES string of the molecule is [C-]1=C(C23CC4CC(CC(C4)C2)C3)C=CC1.[Zr+2].c1ccc2c(c1)[cH-]c1ccccc12. The second-order valence-electron chi connectivity index (χ2n) is 9.71. The fourth-order valence-corrected chi connectivity index (χ4v) is 7.11. The summed E-state index contributed by atoms with van der Waals surface area (Å²) in [5.41, 5.74) is 2.20. The summed E-state index contributed by atoms with van der Waals surface area (Å²) in [7, 11) is 0. The third kappa shape index (κ3) is 3.44. The molecule has 0 radical (unpaired) electrons. The van der Waals surface area contributed by atoms with Gasteiger partial charge in [0.15, 0.2) is 0 Å². The topological polar surface area (TPSA) is 0 Å². The quantitative estimate of drug-likeness (QED) is 0.331. The molecule has 0 saturated heterocycles. The van der Waals surface area contributed by atoms with E-state index in [1.54, 1.807) is 24.8 Å². The number of allylic oxidation sites excluding steroid dienone is 4. The third-order valence-electron chi connectivity index (χ3n) is 7.83. The molecule has 5 aliphatic carbocycles. The average molecular weight is 456 g/mol. The van der Waals surface area contributed by atoms with E-state index >= 15 is 0 Å². The van der Waals surface area contributed by atoms with Crippen molar-refractivity contribution >= 4 is 21.5 Å². The maximum Gasteiger partial charge on any atom is 2.00 e. The van der Waals surface area contributed by atoms with Crippen LogP contribution in [0.1, 0.15) is 44.9 Å². The van der Waals surface area contributed by atoms with Crippen LogP contribution in [0.15, 0.2) is 72.3 Å². The number of rotatable bonds is 1. The van der Waals surface area contributed by atoms with Gasteiger partial charge in [-0.3, -0.25) is 6.08 Å². The van der Waals surface area contributed by atoms with E-state index < -0.39 is 0 Å². The molecule has 4 fully saturated rings. The molecule has 0 aromatic heterocycles. The zero-order chi connectivity index (χ0) is 18.6. The van der Waals surface area contributed by atoms with Crippen LogP contribution >= 0.6 is 0 Å². The van der Waals surface area contributed by atoms with Crippen molar-refractivity contribution in [3.05, 3.63) is 78.4 Å². The molecule has 0 heterocycles. The summed E-state index contributed by atoms with van der Waals surface area (Å²) in [6, 6.07) is 19.3. The smallest absolute Gasteiger partial charge is 0.269 e. The van der Waals surface area contributed by atoms with Crippen molar-refractivity contribution < 1.29 is 26.2 Å². The molecule has 0 spiro atoms. The Balaban J connectivity index is 0.000000122. The molecule has 29 heavy (non-hydrogen) atoms. The third-order valence-corrected chi connectivity index (χ3v) is 7.83. The maximum atomic E-state index is 3.62. The molecule has 4 bridgehead atoms. The minimum absolute atomic E-state index is 0. The van der Waals surface area contributed by atoms with Crippen molar-refractivity contribution in [1.82, 2.24) is 0 Å². The number of benzene rings is 2. The molecule has 3 aromatic carbocycles. The summed E-state index contributed by atoms with van der Waals surface area (Å²) in [4.78, 5) is 0. The van der Waals surface area contributed by atoms with Gasteiger partial charge >= 0.3 is 26.2 Å². The molecule has 0 aliphatic heterocycles. The van der Waals surface area contributed by atoms with E-state index in [9.17, 15) is 0 Å². The maximum absolute atomic E-state index is 3.62. The van der Waals surface area contributed by atoms with E-state index in [4.69, 9.17) is 0 Å². The van der Waals surface area contributed by atoms with Crippen LogP contribution in [0.4, 0.5) is 0 Å². The van der Waals surface area contributed by atoms with Crippen LogP contribution in [0.2, 0.25) is 0 Å². The van der Waals surface area contributed by atoms with Crippen LogP contribution < -0.4 is 0 Å². The second kappa shape index (κ2) is 7.74. The molecule has 0 nitrogen and oxygen atoms in total. The molecular weight excluding hydrogens is 428 g/mol. The van der Waals surface area contributed by atoms with Gasteiger partial charge in [-0.25, -0.2) is 11.6 Å². The van der Waals surface area contributed by atoms with Gasteiger partial charge in [0.2, 0.25) is 0 Å². The van der Waals surface area contributed by atoms with Gasteiger partial charge in [0, 0.05) is 0 Å². The average Bonchev–Trinajstić information content (AvgIpc) is 3.36. The van der Waals surface area contributed by atoms with E-state index in [0.717, 1.165) is 24.2 Å². The van der Waals surface area contributed by atoms with Gasteiger partial charge in [-0.15, -0.1) is 46.2 Å². The van der Waals surface area contributed by atoms with Crippen molar-refractivity contribution in [3.8, 4) is 0 Å². The molecule has 8 rings (SSSR count). The van der Waals surface area contributed by atoms with E-state index in [2.05, 4.69) is 72.8 Å². The van der Waals surface area contributed by atoms with Crippen LogP contribution in [-0.4, -0.2) is 0 Å². The fourth-order valence-electron chi connectivity index (χ4n) is 7.11. The van der Waals surface area contributed by atoms with Gasteiger partial charge in [-0.1, -0.05) is 36.4 Å². The number of hydrogen-bond acceptors (Lipinski definition) is 0. The largest absolute Gasteiger partial charge is 2.00 e. The summed E-state index contributed by atoms with van der Waals surface area (Å²) in [6.07, 6.45) is 18.5. The second-order valence-corrected chi connectivity index (χ2v) is 9.71. The predicted molar refractivity (Wildman–Crippen MR) is 118 cm³/mol. The standard InChI is InChI=1S/C15H19.C13H9.Zr/c1-2-4-14(3-1)15-8-11-5-12(9-15)7-13(6-11)10-15;1-3-7-12-10(5-1)9-11-6-2-4-8-13(11)12;/h1,3,11-13H,2,5-10H2;1-9H;/q2*-1;+2. The molecule has 0 N–H and O–H groups in total. The summed E-state index contributed by atoms with van der Waals surface area (Å²) in [6.45, 7) is 0. The molecule has 144 valence electrons. The van der Waals surface area contributed by atoms with Crippen molar-refractivity contribution in [2.45, 2.75) is 44.9 Å². The molecular formula is C28H28Zr. The normalized spacial score (nSPS) is 31.4. The molecule has 0 amide bonds. The Labute approximate surface area is 193 Å². The Bertz CT molecular complexity index is 994.